The lowest BCUT2D eigenvalue weighted by molar-refractivity contribution is -0.161. The number of phosphoric ester groups is 2. The predicted octanol–water partition coefficient (Wildman–Crippen LogP) is 9.64. The van der Waals surface area contributed by atoms with Gasteiger partial charge in [0.25, 0.3) is 0 Å². The normalized spacial score (nSPS) is 20.1. The zero-order chi connectivity index (χ0) is 53.6. The number of hydrogen-bond donors (Lipinski definition) is 6. The number of aromatic nitrogens is 2. The first-order valence-corrected chi connectivity index (χ1v) is 28.7. The molecule has 0 amide bonds. The summed E-state index contributed by atoms with van der Waals surface area (Å²) in [5.41, 5.74) is 4.57. The summed E-state index contributed by atoms with van der Waals surface area (Å²) in [5.74, 6) is -1.53. The van der Waals surface area contributed by atoms with Crippen LogP contribution in [-0.4, -0.2) is 96.9 Å². The first kappa shape index (κ1) is 65.0. The second-order valence-corrected chi connectivity index (χ2v) is 20.5. The number of allylic oxidation sites excluding steroid dienone is 13. The van der Waals surface area contributed by atoms with Crippen molar-refractivity contribution in [2.75, 3.05) is 25.6 Å². The quantitative estimate of drug-likeness (QED) is 0.0117. The molecule has 0 bridgehead atoms. The summed E-state index contributed by atoms with van der Waals surface area (Å²) in [6.45, 7) is 1.81. The minimum absolute atomic E-state index is 0.00427. The number of anilines is 1. The van der Waals surface area contributed by atoms with E-state index in [0.717, 1.165) is 94.2 Å². The number of nitrogens with zero attached hydrogens (tertiary/aromatic N) is 2. The van der Waals surface area contributed by atoms with Gasteiger partial charge in [0.2, 0.25) is 0 Å². The molecule has 1 aromatic rings. The number of unbranched alkanes of at least 4 members (excludes halogenated alkanes) is 10. The third-order valence-corrected chi connectivity index (χ3v) is 13.7. The number of aliphatic hydroxyl groups is 3. The Bertz CT molecular complexity index is 2070. The number of esters is 2. The van der Waals surface area contributed by atoms with Crippen LogP contribution in [0.3, 0.4) is 0 Å². The summed E-state index contributed by atoms with van der Waals surface area (Å²) >= 11 is 0. The molecule has 19 nitrogen and oxygen atoms in total. The van der Waals surface area contributed by atoms with E-state index in [-0.39, 0.29) is 31.5 Å². The lowest BCUT2D eigenvalue weighted by Gasteiger charge is -2.21. The smallest absolute Gasteiger partial charge is 0.462 e. The molecule has 21 heteroatoms. The van der Waals surface area contributed by atoms with Crippen LogP contribution < -0.4 is 11.4 Å². The molecule has 1 aromatic heterocycles. The van der Waals surface area contributed by atoms with Crippen LogP contribution in [0.1, 0.15) is 155 Å². The molecule has 7 N–H and O–H groups in total. The number of nitrogens with two attached hydrogens (primary N) is 1. The Hall–Kier alpha value is -4.10. The van der Waals surface area contributed by atoms with Crippen molar-refractivity contribution in [1.82, 2.24) is 9.55 Å². The Labute approximate surface area is 431 Å². The van der Waals surface area contributed by atoms with Gasteiger partial charge in [0, 0.05) is 19.0 Å². The van der Waals surface area contributed by atoms with Crippen LogP contribution in [0.2, 0.25) is 0 Å². The number of hydrogen-bond acceptors (Lipinski definition) is 16. The van der Waals surface area contributed by atoms with Gasteiger partial charge in [-0.25, -0.2) is 13.9 Å². The second kappa shape index (κ2) is 39.3. The van der Waals surface area contributed by atoms with Gasteiger partial charge >= 0.3 is 33.3 Å². The van der Waals surface area contributed by atoms with Gasteiger partial charge in [0.15, 0.2) is 12.3 Å². The van der Waals surface area contributed by atoms with Crippen molar-refractivity contribution < 1.29 is 71.4 Å². The van der Waals surface area contributed by atoms with Gasteiger partial charge in [-0.05, 0) is 83.1 Å². The number of carbonyl (C=O) groups is 2. The highest BCUT2D eigenvalue weighted by atomic mass is 31.3. The number of carbonyl (C=O) groups excluding carboxylic acids is 2. The van der Waals surface area contributed by atoms with Gasteiger partial charge in [-0.1, -0.05) is 144 Å². The van der Waals surface area contributed by atoms with Crippen LogP contribution in [0.25, 0.3) is 0 Å². The van der Waals surface area contributed by atoms with Crippen molar-refractivity contribution in [2.24, 2.45) is 0 Å². The number of aliphatic hydroxyl groups excluding tert-OH is 3. The predicted molar refractivity (Wildman–Crippen MR) is 281 cm³/mol. The summed E-state index contributed by atoms with van der Waals surface area (Å²) in [6, 6.07) is 1.24. The Balaban J connectivity index is 1.86. The van der Waals surface area contributed by atoms with Crippen LogP contribution in [0.5, 0.6) is 0 Å². The molecular formula is C52H83N3O16P2. The maximum absolute atomic E-state index is 12.9. The molecule has 1 saturated heterocycles. The van der Waals surface area contributed by atoms with Gasteiger partial charge in [-0.2, -0.15) is 9.29 Å². The van der Waals surface area contributed by atoms with E-state index in [2.05, 4.69) is 83.9 Å². The van der Waals surface area contributed by atoms with Crippen molar-refractivity contribution in [3.8, 4) is 0 Å². The minimum atomic E-state index is -5.47. The molecule has 1 aliphatic heterocycles. The Morgan fingerprint density at radius 2 is 1.32 bits per heavy atom. The van der Waals surface area contributed by atoms with Crippen LogP contribution in [-0.2, 0) is 46.3 Å². The largest absolute Gasteiger partial charge is 0.481 e. The standard InChI is InChI=1S/C52H83N3O16P2/c1-3-5-7-9-11-13-15-17-18-19-20-22-24-26-28-30-32-36-48(58)69-44(40-66-47(57)37-33-35-43(56)34-31-29-27-25-23-21-16-14-12-10-8-6-4-2)41-67-72(62,63)71-73(64,65)68-42-45-49(59)50(60)51(70-45)55-39-38-46(53)54-52(55)61/h6,8,11-14,17-18,21,23,27,29,31,34,38-39,43-45,49-51,56,59-60H,3-5,7,9-10,15-16,19-20,22,24-26,28,30,32-33,35-37,40-42H2,1-2H3,(H,62,63)(H,64,65)(H2,53,54,61)/b8-6-,13-11-,14-12-,18-17-,23-21-,29-27-,34-31+/t43?,44-,45-,49-,50-,51-/m1/s1. The van der Waals surface area contributed by atoms with Crippen LogP contribution in [0, 0.1) is 0 Å². The minimum Gasteiger partial charge on any atom is -0.462 e. The summed E-state index contributed by atoms with van der Waals surface area (Å²) in [7, 11) is -10.9. The fraction of sp³-hybridized carbons (Fsp3) is 0.615. The fourth-order valence-electron chi connectivity index (χ4n) is 7.08. The van der Waals surface area contributed by atoms with Crippen molar-refractivity contribution >= 4 is 33.4 Å². The van der Waals surface area contributed by atoms with Gasteiger partial charge in [-0.15, -0.1) is 0 Å². The maximum Gasteiger partial charge on any atom is 0.481 e. The maximum atomic E-state index is 12.9. The van der Waals surface area contributed by atoms with E-state index in [1.54, 1.807) is 12.2 Å². The van der Waals surface area contributed by atoms with Gasteiger partial charge < -0.3 is 45.1 Å². The van der Waals surface area contributed by atoms with Crippen molar-refractivity contribution in [3.05, 3.63) is 108 Å². The molecule has 73 heavy (non-hydrogen) atoms. The van der Waals surface area contributed by atoms with Crippen molar-refractivity contribution in [3.63, 3.8) is 0 Å². The van der Waals surface area contributed by atoms with Gasteiger partial charge in [0.1, 0.15) is 30.7 Å². The zero-order valence-corrected chi connectivity index (χ0v) is 44.6. The molecule has 8 atom stereocenters. The average Bonchev–Trinajstić information content (AvgIpc) is 3.62. The molecule has 0 aromatic carbocycles. The molecule has 0 saturated carbocycles. The van der Waals surface area contributed by atoms with E-state index in [1.165, 1.54) is 25.3 Å². The molecule has 3 unspecified atom stereocenters. The highest BCUT2D eigenvalue weighted by Crippen LogP contribution is 2.60. The summed E-state index contributed by atoms with van der Waals surface area (Å²) < 4.78 is 56.6. The van der Waals surface area contributed by atoms with Crippen molar-refractivity contribution in [1.29, 1.82) is 0 Å². The van der Waals surface area contributed by atoms with E-state index in [1.807, 2.05) is 12.2 Å². The lowest BCUT2D eigenvalue weighted by Crippen LogP contribution is -2.36. The fourth-order valence-corrected chi connectivity index (χ4v) is 9.19. The number of rotatable bonds is 41. The Kier molecular flexibility index (Phi) is 35.0. The number of ether oxygens (including phenoxy) is 3. The molecular weight excluding hydrogens is 985 g/mol. The summed E-state index contributed by atoms with van der Waals surface area (Å²) in [4.78, 5) is 62.0. The third kappa shape index (κ3) is 32.1. The number of nitrogen functional groups attached to an aromatic ring is 1. The SMILES string of the molecule is CC/C=C\C/C=C\C/C=C\C/C=C\C=C\C(O)CCCC(=O)OC[C@H](COP(=O)(O)OP(=O)(O)OC[C@H]1O[C@@H](n2ccc(N)nc2=O)[C@H](O)[C@@H]1O)OC(=O)CCCCCCCCC/C=C\C/C=C\CCCCC. The van der Waals surface area contributed by atoms with Crippen LogP contribution in [0.15, 0.2) is 102 Å². The molecule has 412 valence electrons. The molecule has 2 heterocycles. The number of phosphoric acid groups is 2. The molecule has 0 radical (unpaired) electrons. The van der Waals surface area contributed by atoms with Gasteiger partial charge in [-0.3, -0.25) is 23.2 Å². The van der Waals surface area contributed by atoms with E-state index in [9.17, 15) is 48.6 Å². The van der Waals surface area contributed by atoms with E-state index >= 15 is 0 Å². The Morgan fingerprint density at radius 1 is 0.740 bits per heavy atom. The first-order valence-electron chi connectivity index (χ1n) is 25.7. The van der Waals surface area contributed by atoms with E-state index in [4.69, 9.17) is 29.0 Å². The zero-order valence-electron chi connectivity index (χ0n) is 42.8. The van der Waals surface area contributed by atoms with Crippen LogP contribution in [0.4, 0.5) is 5.82 Å². The van der Waals surface area contributed by atoms with E-state index < -0.39 is 89.8 Å². The van der Waals surface area contributed by atoms with Crippen LogP contribution >= 0.6 is 15.6 Å². The molecule has 0 aliphatic carbocycles. The highest BCUT2D eigenvalue weighted by Gasteiger charge is 2.46. The molecule has 1 fully saturated rings. The average molecular weight is 1070 g/mol. The highest BCUT2D eigenvalue weighted by molar-refractivity contribution is 7.61. The van der Waals surface area contributed by atoms with E-state index in [0.29, 0.717) is 6.42 Å². The van der Waals surface area contributed by atoms with Crippen molar-refractivity contribution in [2.45, 2.75) is 185 Å². The first-order chi connectivity index (χ1) is 35.1. The molecule has 2 rings (SSSR count). The third-order valence-electron chi connectivity index (χ3n) is 11.1. The topological polar surface area (TPSA) is 286 Å². The summed E-state index contributed by atoms with van der Waals surface area (Å²) in [5, 5.41) is 31.3. The lowest BCUT2D eigenvalue weighted by atomic mass is 10.1. The molecule has 0 spiro atoms. The molecule has 1 aliphatic rings. The monoisotopic (exact) mass is 1070 g/mol. The summed E-state index contributed by atoms with van der Waals surface area (Å²) in [6.07, 6.45) is 38.3. The second-order valence-electron chi connectivity index (χ2n) is 17.5. The van der Waals surface area contributed by atoms with Gasteiger partial charge in [0.05, 0.1) is 19.3 Å². The Morgan fingerprint density at radius 3 is 1.96 bits per heavy atom.